The van der Waals surface area contributed by atoms with Crippen molar-refractivity contribution in [2.75, 3.05) is 27.2 Å². The number of benzene rings is 2. The van der Waals surface area contributed by atoms with Gasteiger partial charge in [-0.2, -0.15) is 13.2 Å². The van der Waals surface area contributed by atoms with Gasteiger partial charge in [0, 0.05) is 27.2 Å². The lowest BCUT2D eigenvalue weighted by atomic mass is 9.83. The van der Waals surface area contributed by atoms with Crippen molar-refractivity contribution < 1.29 is 37.0 Å². The second-order valence-electron chi connectivity index (χ2n) is 7.89. The third-order valence-corrected chi connectivity index (χ3v) is 6.17. The molecule has 2 aromatic rings. The third kappa shape index (κ3) is 7.46. The van der Waals surface area contributed by atoms with Gasteiger partial charge in [-0.3, -0.25) is 9.69 Å². The first-order valence-electron chi connectivity index (χ1n) is 10.4. The molecule has 0 aliphatic carbocycles. The topological polar surface area (TPSA) is 70.1 Å². The zero-order valence-corrected chi connectivity index (χ0v) is 20.4. The van der Waals surface area contributed by atoms with Gasteiger partial charge in [0.05, 0.1) is 15.6 Å². The van der Waals surface area contributed by atoms with Gasteiger partial charge in [0.2, 0.25) is 5.91 Å². The Morgan fingerprint density at radius 1 is 1.06 bits per heavy atom. The van der Waals surface area contributed by atoms with Crippen LogP contribution in [0.4, 0.5) is 22.4 Å². The molecule has 0 fully saturated rings. The number of carbonyl (C=O) groups excluding carboxylic acids is 2. The molecule has 0 aromatic heterocycles. The highest BCUT2D eigenvalue weighted by molar-refractivity contribution is 6.42. The molecule has 1 N–H and O–H groups in total. The number of para-hydroxylation sites is 1. The number of nitrogens with zero attached hydrogens (tertiary/aromatic N) is 2. The molecule has 192 valence electrons. The van der Waals surface area contributed by atoms with Crippen LogP contribution in [0, 0.1) is 5.82 Å². The highest BCUT2D eigenvalue weighted by atomic mass is 35.5. The molecule has 12 heteroatoms. The maximum absolute atomic E-state index is 14.1. The highest BCUT2D eigenvalue weighted by Crippen LogP contribution is 2.38. The number of aliphatic hydroxyl groups is 1. The molecule has 0 saturated carbocycles. The van der Waals surface area contributed by atoms with Crippen LogP contribution in [0.5, 0.6) is 5.75 Å². The second-order valence-corrected chi connectivity index (χ2v) is 8.70. The van der Waals surface area contributed by atoms with E-state index < -0.39 is 42.5 Å². The largest absolute Gasteiger partial charge is 0.415 e. The fourth-order valence-corrected chi connectivity index (χ4v) is 3.89. The van der Waals surface area contributed by atoms with Gasteiger partial charge in [-0.05, 0) is 42.7 Å². The zero-order chi connectivity index (χ0) is 26.4. The molecule has 2 rings (SSSR count). The van der Waals surface area contributed by atoms with Crippen LogP contribution in [0.25, 0.3) is 0 Å². The summed E-state index contributed by atoms with van der Waals surface area (Å²) in [4.78, 5) is 27.3. The lowest BCUT2D eigenvalue weighted by Gasteiger charge is -2.44. The first-order valence-corrected chi connectivity index (χ1v) is 11.1. The summed E-state index contributed by atoms with van der Waals surface area (Å²) >= 11 is 12.2. The van der Waals surface area contributed by atoms with Gasteiger partial charge in [-0.25, -0.2) is 9.18 Å². The number of hydrogen-bond donors (Lipinski definition) is 1. The molecular formula is C23H24Cl2F4N2O4. The van der Waals surface area contributed by atoms with Crippen molar-refractivity contribution >= 4 is 35.2 Å². The number of aliphatic hydroxyl groups excluding tert-OH is 1. The monoisotopic (exact) mass is 538 g/mol. The summed E-state index contributed by atoms with van der Waals surface area (Å²) in [6.07, 6.45) is -7.40. The molecule has 0 aliphatic rings. The van der Waals surface area contributed by atoms with Gasteiger partial charge in [0.1, 0.15) is 6.42 Å². The summed E-state index contributed by atoms with van der Waals surface area (Å²) in [6.45, 7) is -0.734. The maximum atomic E-state index is 14.1. The summed E-state index contributed by atoms with van der Waals surface area (Å²) in [7, 11) is 2.46. The Hall–Kier alpha value is -2.56. The molecule has 2 amide bonds. The van der Waals surface area contributed by atoms with Crippen LogP contribution >= 0.6 is 23.2 Å². The third-order valence-electron chi connectivity index (χ3n) is 5.43. The number of likely N-dealkylation sites (N-methyl/N-ethyl adjacent to an activating group) is 2. The number of halogens is 6. The van der Waals surface area contributed by atoms with E-state index in [0.717, 1.165) is 22.9 Å². The number of rotatable bonds is 9. The van der Waals surface area contributed by atoms with Crippen LogP contribution in [0.15, 0.2) is 42.5 Å². The average molecular weight is 539 g/mol. The molecule has 0 saturated heterocycles. The summed E-state index contributed by atoms with van der Waals surface area (Å²) < 4.78 is 57.9. The van der Waals surface area contributed by atoms with Crippen LogP contribution < -0.4 is 4.74 Å². The predicted molar refractivity (Wildman–Crippen MR) is 123 cm³/mol. The molecular weight excluding hydrogens is 515 g/mol. The van der Waals surface area contributed by atoms with E-state index in [-0.39, 0.29) is 35.2 Å². The minimum absolute atomic E-state index is 0.00598. The number of hydrogen-bond acceptors (Lipinski definition) is 4. The summed E-state index contributed by atoms with van der Waals surface area (Å²) in [6, 6.07) is 9.52. The van der Waals surface area contributed by atoms with Crippen LogP contribution in [-0.2, 0) is 10.3 Å². The van der Waals surface area contributed by atoms with Crippen LogP contribution in [0.3, 0.4) is 0 Å². The highest BCUT2D eigenvalue weighted by Gasteiger charge is 2.43. The van der Waals surface area contributed by atoms with Gasteiger partial charge in [-0.1, -0.05) is 41.4 Å². The fourth-order valence-electron chi connectivity index (χ4n) is 3.59. The van der Waals surface area contributed by atoms with Crippen LogP contribution in [0.2, 0.25) is 10.0 Å². The summed E-state index contributed by atoms with van der Waals surface area (Å²) in [5.41, 5.74) is -1.20. The Morgan fingerprint density at radius 3 is 2.29 bits per heavy atom. The molecule has 0 bridgehead atoms. The van der Waals surface area contributed by atoms with E-state index in [1.807, 2.05) is 0 Å². The van der Waals surface area contributed by atoms with E-state index in [4.69, 9.17) is 27.9 Å². The molecule has 0 spiro atoms. The van der Waals surface area contributed by atoms with Gasteiger partial charge >= 0.3 is 12.3 Å². The van der Waals surface area contributed by atoms with E-state index in [1.165, 1.54) is 43.4 Å². The van der Waals surface area contributed by atoms with Crippen molar-refractivity contribution in [1.29, 1.82) is 0 Å². The SMILES string of the molecule is CN(C[C@](CCCO)(c1ccc(Cl)c(Cl)c1)N(C)C(=O)Oc1ccccc1F)C(=O)CC(F)(F)F. The van der Waals surface area contributed by atoms with E-state index in [2.05, 4.69) is 0 Å². The Kier molecular flexibility index (Phi) is 9.76. The minimum atomic E-state index is -4.74. The Bertz CT molecular complexity index is 1050. The van der Waals surface area contributed by atoms with E-state index in [0.29, 0.717) is 5.56 Å². The molecule has 6 nitrogen and oxygen atoms in total. The zero-order valence-electron chi connectivity index (χ0n) is 18.9. The van der Waals surface area contributed by atoms with Gasteiger partial charge in [0.25, 0.3) is 0 Å². The van der Waals surface area contributed by atoms with Crippen molar-refractivity contribution in [3.8, 4) is 5.75 Å². The van der Waals surface area contributed by atoms with Crippen LogP contribution in [0.1, 0.15) is 24.8 Å². The second kappa shape index (κ2) is 11.9. The lowest BCUT2D eigenvalue weighted by Crippen LogP contribution is -2.55. The van der Waals surface area contributed by atoms with Crippen LogP contribution in [-0.4, -0.2) is 60.3 Å². The average Bonchev–Trinajstić information content (AvgIpc) is 2.78. The molecule has 2 aromatic carbocycles. The van der Waals surface area contributed by atoms with Gasteiger partial charge in [-0.15, -0.1) is 0 Å². The quantitative estimate of drug-likeness (QED) is 0.419. The van der Waals surface area contributed by atoms with Crippen molar-refractivity contribution in [1.82, 2.24) is 9.80 Å². The molecule has 0 aliphatic heterocycles. The van der Waals surface area contributed by atoms with Crippen molar-refractivity contribution in [3.05, 3.63) is 63.9 Å². The predicted octanol–water partition coefficient (Wildman–Crippen LogP) is 5.64. The van der Waals surface area contributed by atoms with E-state index in [1.54, 1.807) is 0 Å². The Labute approximate surface area is 210 Å². The molecule has 0 heterocycles. The first-order chi connectivity index (χ1) is 16.3. The standard InChI is InChI=1S/C23H24Cl2F4N2O4/c1-30(20(33)13-23(27,28)29)14-22(10-5-11-32,15-8-9-16(24)17(25)12-15)31(2)21(34)35-19-7-4-3-6-18(19)26/h3-4,6-9,12,32H,5,10-11,13-14H2,1-2H3/t22-/m1/s1. The smallest absolute Gasteiger partial charge is 0.407 e. The van der Waals surface area contributed by atoms with Crippen molar-refractivity contribution in [2.24, 2.45) is 0 Å². The Balaban J connectivity index is 2.56. The number of alkyl halides is 3. The summed E-state index contributed by atoms with van der Waals surface area (Å²) in [5, 5.41) is 9.78. The fraction of sp³-hybridized carbons (Fsp3) is 0.391. The molecule has 1 atom stereocenters. The van der Waals surface area contributed by atoms with Crippen molar-refractivity contribution in [3.63, 3.8) is 0 Å². The number of carbonyl (C=O) groups is 2. The van der Waals surface area contributed by atoms with Gasteiger partial charge in [0.15, 0.2) is 11.6 Å². The molecule has 0 radical (unpaired) electrons. The minimum Gasteiger partial charge on any atom is -0.407 e. The van der Waals surface area contributed by atoms with E-state index in [9.17, 15) is 32.3 Å². The molecule has 0 unspecified atom stereocenters. The maximum Gasteiger partial charge on any atom is 0.415 e. The number of amides is 2. The molecule has 35 heavy (non-hydrogen) atoms. The van der Waals surface area contributed by atoms with Gasteiger partial charge < -0.3 is 14.7 Å². The number of ether oxygens (including phenoxy) is 1. The normalized spacial score (nSPS) is 13.2. The van der Waals surface area contributed by atoms with Crippen molar-refractivity contribution in [2.45, 2.75) is 31.0 Å². The first kappa shape index (κ1) is 28.7. The Morgan fingerprint density at radius 2 is 1.71 bits per heavy atom. The van der Waals surface area contributed by atoms with E-state index >= 15 is 0 Å². The summed E-state index contributed by atoms with van der Waals surface area (Å²) in [5.74, 6) is -2.40. The lowest BCUT2D eigenvalue weighted by molar-refractivity contribution is -0.161.